The molecule has 0 aromatic carbocycles. The second-order valence-corrected chi connectivity index (χ2v) is 9.63. The molecule has 1 aliphatic carbocycles. The number of rotatable bonds is 4. The van der Waals surface area contributed by atoms with Crippen LogP contribution < -0.4 is 0 Å². The minimum atomic E-state index is -0.259. The number of thiophene rings is 1. The van der Waals surface area contributed by atoms with Crippen molar-refractivity contribution in [1.82, 2.24) is 24.5 Å². The Balaban J connectivity index is 1.78. The smallest absolute Gasteiger partial charge is 0.293 e. The van der Waals surface area contributed by atoms with Crippen LogP contribution >= 0.6 is 11.3 Å². The van der Waals surface area contributed by atoms with Crippen molar-refractivity contribution in [1.29, 1.82) is 0 Å². The Labute approximate surface area is 168 Å². The molecule has 3 heterocycles. The molecule has 0 saturated heterocycles. The normalized spacial score (nSPS) is 17.2. The van der Waals surface area contributed by atoms with Crippen LogP contribution in [0.5, 0.6) is 0 Å². The van der Waals surface area contributed by atoms with Gasteiger partial charge in [-0.2, -0.15) is 0 Å². The molecule has 0 fully saturated rings. The van der Waals surface area contributed by atoms with Gasteiger partial charge in [0.05, 0.1) is 12.0 Å². The Morgan fingerprint density at radius 3 is 2.89 bits per heavy atom. The van der Waals surface area contributed by atoms with Crippen molar-refractivity contribution in [3.8, 4) is 0 Å². The SMILES string of the molecule is CCN(CCO)C(=O)c1nc2c3c4c(sc3ncn2n1)CC(C(C)(C)C)CC4. The minimum Gasteiger partial charge on any atom is -0.395 e. The Hall–Kier alpha value is -2.06. The zero-order chi connectivity index (χ0) is 20.1. The fourth-order valence-corrected chi connectivity index (χ4v) is 5.33. The molecule has 0 spiro atoms. The van der Waals surface area contributed by atoms with Crippen molar-refractivity contribution in [3.05, 3.63) is 22.6 Å². The molecule has 4 rings (SSSR count). The van der Waals surface area contributed by atoms with Crippen LogP contribution in [0.4, 0.5) is 0 Å². The zero-order valence-corrected chi connectivity index (χ0v) is 17.7. The molecule has 0 aliphatic heterocycles. The van der Waals surface area contributed by atoms with Gasteiger partial charge in [0.25, 0.3) is 5.91 Å². The lowest BCUT2D eigenvalue weighted by molar-refractivity contribution is 0.0720. The number of hydrogen-bond acceptors (Lipinski definition) is 6. The number of carbonyl (C=O) groups excluding carboxylic acids is 1. The number of fused-ring (bicyclic) bond motifs is 5. The predicted molar refractivity (Wildman–Crippen MR) is 110 cm³/mol. The average molecular weight is 402 g/mol. The maximum atomic E-state index is 12.7. The molecular formula is C20H27N5O2S. The molecule has 0 bridgehead atoms. The Kier molecular flexibility index (Phi) is 4.87. The van der Waals surface area contributed by atoms with Gasteiger partial charge in [0, 0.05) is 18.0 Å². The average Bonchev–Trinajstić information content (AvgIpc) is 3.24. The van der Waals surface area contributed by atoms with E-state index >= 15 is 0 Å². The molecule has 28 heavy (non-hydrogen) atoms. The van der Waals surface area contributed by atoms with Crippen molar-refractivity contribution in [3.63, 3.8) is 0 Å². The van der Waals surface area contributed by atoms with Gasteiger partial charge in [-0.25, -0.2) is 14.5 Å². The molecule has 1 amide bonds. The van der Waals surface area contributed by atoms with Crippen LogP contribution in [-0.4, -0.2) is 55.2 Å². The van der Waals surface area contributed by atoms with Gasteiger partial charge in [0.15, 0.2) is 5.65 Å². The van der Waals surface area contributed by atoms with Crippen LogP contribution in [0, 0.1) is 11.3 Å². The monoisotopic (exact) mass is 401 g/mol. The summed E-state index contributed by atoms with van der Waals surface area (Å²) in [4.78, 5) is 25.8. The van der Waals surface area contributed by atoms with Gasteiger partial charge >= 0.3 is 0 Å². The van der Waals surface area contributed by atoms with Crippen molar-refractivity contribution < 1.29 is 9.90 Å². The van der Waals surface area contributed by atoms with E-state index in [-0.39, 0.29) is 24.9 Å². The first-order valence-electron chi connectivity index (χ1n) is 9.89. The Morgan fingerprint density at radius 1 is 1.43 bits per heavy atom. The molecular weight excluding hydrogens is 374 g/mol. The second-order valence-electron chi connectivity index (χ2n) is 8.55. The summed E-state index contributed by atoms with van der Waals surface area (Å²) < 4.78 is 1.62. The lowest BCUT2D eigenvalue weighted by Gasteiger charge is -2.33. The van der Waals surface area contributed by atoms with E-state index in [4.69, 9.17) is 0 Å². The first-order valence-corrected chi connectivity index (χ1v) is 10.7. The van der Waals surface area contributed by atoms with E-state index in [2.05, 4.69) is 35.8 Å². The zero-order valence-electron chi connectivity index (χ0n) is 16.9. The molecule has 3 aromatic rings. The number of aryl methyl sites for hydroxylation is 1. The second kappa shape index (κ2) is 7.08. The van der Waals surface area contributed by atoms with Crippen LogP contribution in [-0.2, 0) is 12.8 Å². The van der Waals surface area contributed by atoms with Gasteiger partial charge in [-0.3, -0.25) is 4.79 Å². The summed E-state index contributed by atoms with van der Waals surface area (Å²) in [5.41, 5.74) is 2.33. The van der Waals surface area contributed by atoms with E-state index in [0.29, 0.717) is 23.5 Å². The molecule has 150 valence electrons. The number of aliphatic hydroxyl groups excluding tert-OH is 1. The number of aliphatic hydroxyl groups is 1. The summed E-state index contributed by atoms with van der Waals surface area (Å²) >= 11 is 1.75. The van der Waals surface area contributed by atoms with E-state index in [1.807, 2.05) is 6.92 Å². The van der Waals surface area contributed by atoms with Crippen LogP contribution in [0.1, 0.15) is 55.2 Å². The lowest BCUT2D eigenvalue weighted by Crippen LogP contribution is -2.34. The molecule has 1 N–H and O–H groups in total. The molecule has 3 aromatic heterocycles. The van der Waals surface area contributed by atoms with Crippen LogP contribution in [0.2, 0.25) is 0 Å². The summed E-state index contributed by atoms with van der Waals surface area (Å²) in [6.45, 7) is 9.53. The third kappa shape index (κ3) is 3.18. The van der Waals surface area contributed by atoms with Gasteiger partial charge in [-0.1, -0.05) is 20.8 Å². The Bertz CT molecular complexity index is 1030. The van der Waals surface area contributed by atoms with Gasteiger partial charge in [-0.15, -0.1) is 16.4 Å². The molecule has 7 nitrogen and oxygen atoms in total. The van der Waals surface area contributed by atoms with Crippen LogP contribution in [0.3, 0.4) is 0 Å². The van der Waals surface area contributed by atoms with E-state index < -0.39 is 0 Å². The van der Waals surface area contributed by atoms with Crippen molar-refractivity contribution in [2.45, 2.75) is 47.0 Å². The van der Waals surface area contributed by atoms with Gasteiger partial charge in [0.2, 0.25) is 5.82 Å². The van der Waals surface area contributed by atoms with Gasteiger partial charge in [-0.05, 0) is 43.1 Å². The van der Waals surface area contributed by atoms with E-state index in [0.717, 1.165) is 29.5 Å². The van der Waals surface area contributed by atoms with Crippen LogP contribution in [0.25, 0.3) is 15.9 Å². The predicted octanol–water partition coefficient (Wildman–Crippen LogP) is 2.94. The first kappa shape index (κ1) is 19.3. The van der Waals surface area contributed by atoms with Gasteiger partial charge < -0.3 is 10.0 Å². The quantitative estimate of drug-likeness (QED) is 0.727. The Morgan fingerprint density at radius 2 is 2.21 bits per heavy atom. The summed E-state index contributed by atoms with van der Waals surface area (Å²) in [5, 5.41) is 14.6. The number of aromatic nitrogens is 4. The molecule has 0 saturated carbocycles. The third-order valence-corrected chi connectivity index (χ3v) is 7.00. The highest BCUT2D eigenvalue weighted by Crippen LogP contribution is 2.43. The number of carbonyl (C=O) groups is 1. The fourth-order valence-electron chi connectivity index (χ4n) is 4.07. The van der Waals surface area contributed by atoms with Gasteiger partial charge in [0.1, 0.15) is 11.2 Å². The summed E-state index contributed by atoms with van der Waals surface area (Å²) in [7, 11) is 0. The third-order valence-electron chi connectivity index (χ3n) is 5.84. The molecule has 8 heteroatoms. The highest BCUT2D eigenvalue weighted by atomic mass is 32.1. The summed E-state index contributed by atoms with van der Waals surface area (Å²) in [6, 6.07) is 0. The van der Waals surface area contributed by atoms with E-state index in [1.54, 1.807) is 27.1 Å². The highest BCUT2D eigenvalue weighted by Gasteiger charge is 2.32. The molecule has 1 aliphatic rings. The summed E-state index contributed by atoms with van der Waals surface area (Å²) in [5.74, 6) is 0.564. The first-order chi connectivity index (χ1) is 13.3. The van der Waals surface area contributed by atoms with Crippen molar-refractivity contribution in [2.24, 2.45) is 11.3 Å². The maximum absolute atomic E-state index is 12.7. The highest BCUT2D eigenvalue weighted by molar-refractivity contribution is 7.19. The molecule has 0 radical (unpaired) electrons. The number of likely N-dealkylation sites (N-methyl/N-ethyl adjacent to an activating group) is 1. The van der Waals surface area contributed by atoms with Crippen molar-refractivity contribution >= 4 is 33.1 Å². The minimum absolute atomic E-state index is 0.0776. The lowest BCUT2D eigenvalue weighted by atomic mass is 9.72. The fraction of sp³-hybridized carbons (Fsp3) is 0.600. The van der Waals surface area contributed by atoms with E-state index in [1.165, 1.54) is 10.4 Å². The summed E-state index contributed by atoms with van der Waals surface area (Å²) in [6.07, 6.45) is 4.89. The number of amides is 1. The standard InChI is InChI=1S/C20H27N5O2S/c1-5-24(8-9-26)19(27)16-22-17-15-13-7-6-12(20(2,3)4)10-14(13)28-18(15)21-11-25(17)23-16/h11-12,26H,5-10H2,1-4H3. The number of nitrogens with zero attached hydrogens (tertiary/aromatic N) is 5. The largest absolute Gasteiger partial charge is 0.395 e. The molecule has 1 atom stereocenters. The molecule has 1 unspecified atom stereocenters. The van der Waals surface area contributed by atoms with Crippen LogP contribution in [0.15, 0.2) is 6.33 Å². The van der Waals surface area contributed by atoms with Crippen molar-refractivity contribution in [2.75, 3.05) is 19.7 Å². The number of hydrogen-bond donors (Lipinski definition) is 1. The topological polar surface area (TPSA) is 83.6 Å². The maximum Gasteiger partial charge on any atom is 0.293 e. The van der Waals surface area contributed by atoms with E-state index in [9.17, 15) is 9.90 Å².